The van der Waals surface area contributed by atoms with Gasteiger partial charge in [-0.05, 0) is 52.6 Å². The molecule has 6 aromatic rings. The normalized spacial score (nSPS) is 11.5. The van der Waals surface area contributed by atoms with Crippen LogP contribution in [-0.4, -0.2) is 51.7 Å². The summed E-state index contributed by atoms with van der Waals surface area (Å²) in [7, 11) is 0. The van der Waals surface area contributed by atoms with Crippen LogP contribution in [0.25, 0.3) is 32.3 Å². The smallest absolute Gasteiger partial charge is 0.345 e. The molecule has 0 saturated carbocycles. The van der Waals surface area contributed by atoms with E-state index in [1.165, 1.54) is 26.1 Å². The van der Waals surface area contributed by atoms with E-state index in [0.717, 1.165) is 28.8 Å². The predicted molar refractivity (Wildman–Crippen MR) is 168 cm³/mol. The number of aromatic nitrogens is 1. The first-order chi connectivity index (χ1) is 19.6. The van der Waals surface area contributed by atoms with Gasteiger partial charge in [0.05, 0.1) is 0 Å². The van der Waals surface area contributed by atoms with Gasteiger partial charge in [0.2, 0.25) is 0 Å². The summed E-state index contributed by atoms with van der Waals surface area (Å²) < 4.78 is 7.11. The van der Waals surface area contributed by atoms with Gasteiger partial charge >= 0.3 is 5.97 Å². The molecule has 1 radical (unpaired) electrons. The van der Waals surface area contributed by atoms with Crippen molar-refractivity contribution in [1.29, 1.82) is 0 Å². The molecule has 0 fully saturated rings. The summed E-state index contributed by atoms with van der Waals surface area (Å²) >= 11 is 1.83. The quantitative estimate of drug-likeness (QED) is 0.181. The standard InChI is InChI=1S/C35H27NO3S.Na/c37-35(38)31(22-24-8-2-1-3-9-24)39-29-19-17-26(18-20-29)25-13-15-27(16-14-25)34-30-11-4-5-12-32(30)40-33(34)23-28-10-6-7-21-36-28;/h1-21,31H,22-23H2,(H,37,38);/t31-;/m1./s1. The molecule has 2 aromatic heterocycles. The molecular weight excluding hydrogens is 537 g/mol. The Morgan fingerprint density at radius 3 is 2.07 bits per heavy atom. The zero-order valence-electron chi connectivity index (χ0n) is 22.7. The summed E-state index contributed by atoms with van der Waals surface area (Å²) in [6, 6.07) is 40.4. The molecule has 0 aliphatic rings. The number of hydrogen-bond donors (Lipinski definition) is 1. The zero-order chi connectivity index (χ0) is 27.3. The fourth-order valence-corrected chi connectivity index (χ4v) is 6.17. The van der Waals surface area contributed by atoms with Crippen molar-refractivity contribution in [3.63, 3.8) is 0 Å². The van der Waals surface area contributed by atoms with Gasteiger partial charge in [-0.3, -0.25) is 4.98 Å². The minimum Gasteiger partial charge on any atom is -0.478 e. The topological polar surface area (TPSA) is 59.4 Å². The first-order valence-electron chi connectivity index (χ1n) is 13.2. The molecule has 197 valence electrons. The summed E-state index contributed by atoms with van der Waals surface area (Å²) in [5.41, 5.74) is 6.55. The van der Waals surface area contributed by atoms with Crippen LogP contribution < -0.4 is 4.74 Å². The summed E-state index contributed by atoms with van der Waals surface area (Å²) in [5, 5.41) is 10.9. The van der Waals surface area contributed by atoms with E-state index in [0.29, 0.717) is 12.2 Å². The molecule has 4 aromatic carbocycles. The fourth-order valence-electron chi connectivity index (χ4n) is 4.93. The second-order valence-electron chi connectivity index (χ2n) is 9.63. The SMILES string of the molecule is O=C(O)[C@@H](Cc1ccccc1)Oc1ccc(-c2ccc(-c3c(Cc4ccccn4)sc4ccccc34)cc2)cc1.[Na]. The molecule has 6 heteroatoms. The van der Waals surface area contributed by atoms with Crippen LogP contribution in [0.1, 0.15) is 16.1 Å². The van der Waals surface area contributed by atoms with E-state index in [1.807, 2.05) is 84.3 Å². The van der Waals surface area contributed by atoms with Gasteiger partial charge < -0.3 is 9.84 Å². The molecule has 0 aliphatic carbocycles. The van der Waals surface area contributed by atoms with E-state index < -0.39 is 12.1 Å². The number of thiophene rings is 1. The summed E-state index contributed by atoms with van der Waals surface area (Å²) in [6.07, 6.45) is 1.99. The molecule has 41 heavy (non-hydrogen) atoms. The van der Waals surface area contributed by atoms with E-state index >= 15 is 0 Å². The van der Waals surface area contributed by atoms with Crippen molar-refractivity contribution in [2.75, 3.05) is 0 Å². The minimum absolute atomic E-state index is 0. The molecule has 2 heterocycles. The molecule has 6 rings (SSSR count). The van der Waals surface area contributed by atoms with Crippen LogP contribution in [0.4, 0.5) is 0 Å². The van der Waals surface area contributed by atoms with Gasteiger partial charge in [-0.25, -0.2) is 4.79 Å². The first-order valence-corrected chi connectivity index (χ1v) is 14.0. The van der Waals surface area contributed by atoms with Crippen molar-refractivity contribution in [2.24, 2.45) is 0 Å². The average Bonchev–Trinajstić information content (AvgIpc) is 3.36. The number of carboxylic acid groups (broad SMARTS) is 1. The second kappa shape index (κ2) is 13.3. The van der Waals surface area contributed by atoms with Crippen molar-refractivity contribution >= 4 is 56.9 Å². The van der Waals surface area contributed by atoms with Crippen molar-refractivity contribution in [2.45, 2.75) is 18.9 Å². The third kappa shape index (κ3) is 6.77. The Balaban J connectivity index is 0.00000337. The Morgan fingerprint density at radius 1 is 0.756 bits per heavy atom. The van der Waals surface area contributed by atoms with Crippen LogP contribution >= 0.6 is 11.3 Å². The largest absolute Gasteiger partial charge is 0.478 e. The van der Waals surface area contributed by atoms with E-state index in [-0.39, 0.29) is 29.6 Å². The number of benzene rings is 4. The monoisotopic (exact) mass is 564 g/mol. The molecule has 0 saturated heterocycles. The Bertz CT molecular complexity index is 1730. The molecule has 0 aliphatic heterocycles. The maximum Gasteiger partial charge on any atom is 0.345 e. The minimum atomic E-state index is -0.980. The molecule has 1 atom stereocenters. The van der Waals surface area contributed by atoms with Gasteiger partial charge in [0, 0.05) is 74.8 Å². The Labute approximate surface area is 265 Å². The van der Waals surface area contributed by atoms with E-state index in [4.69, 9.17) is 4.74 Å². The van der Waals surface area contributed by atoms with Crippen molar-refractivity contribution in [1.82, 2.24) is 4.98 Å². The number of rotatable bonds is 9. The number of hydrogen-bond acceptors (Lipinski definition) is 4. The Morgan fingerprint density at radius 2 is 1.39 bits per heavy atom. The van der Waals surface area contributed by atoms with Crippen molar-refractivity contribution in [3.05, 3.63) is 144 Å². The summed E-state index contributed by atoms with van der Waals surface area (Å²) in [5.74, 6) is -0.445. The van der Waals surface area contributed by atoms with Crippen LogP contribution in [-0.2, 0) is 17.6 Å². The van der Waals surface area contributed by atoms with Crippen LogP contribution in [0, 0.1) is 0 Å². The zero-order valence-corrected chi connectivity index (χ0v) is 25.6. The number of carbonyl (C=O) groups is 1. The number of ether oxygens (including phenoxy) is 1. The number of carboxylic acids is 1. The van der Waals surface area contributed by atoms with Gasteiger partial charge in [0.25, 0.3) is 0 Å². The molecule has 0 bridgehead atoms. The number of aliphatic carboxylic acids is 1. The van der Waals surface area contributed by atoms with E-state index in [9.17, 15) is 9.90 Å². The number of fused-ring (bicyclic) bond motifs is 1. The number of nitrogens with zero attached hydrogens (tertiary/aromatic N) is 1. The Kier molecular flexibility index (Phi) is 9.32. The molecule has 4 nitrogen and oxygen atoms in total. The Hall–Kier alpha value is -3.74. The van der Waals surface area contributed by atoms with E-state index in [1.54, 1.807) is 0 Å². The van der Waals surface area contributed by atoms with Gasteiger partial charge in [-0.2, -0.15) is 0 Å². The maximum atomic E-state index is 11.8. The van der Waals surface area contributed by atoms with E-state index in [2.05, 4.69) is 59.6 Å². The fraction of sp³-hybridized carbons (Fsp3) is 0.0857. The molecule has 0 amide bonds. The van der Waals surface area contributed by atoms with Crippen molar-refractivity contribution < 1.29 is 14.6 Å². The van der Waals surface area contributed by atoms with Crippen molar-refractivity contribution in [3.8, 4) is 28.0 Å². The maximum absolute atomic E-state index is 11.8. The van der Waals surface area contributed by atoms with Gasteiger partial charge in [0.1, 0.15) is 5.75 Å². The molecule has 0 unspecified atom stereocenters. The first kappa shape index (κ1) is 28.8. The van der Waals surface area contributed by atoms with Gasteiger partial charge in [-0.1, -0.05) is 91.0 Å². The van der Waals surface area contributed by atoms with Crippen LogP contribution in [0.15, 0.2) is 128 Å². The predicted octanol–water partition coefficient (Wildman–Crippen LogP) is 7.92. The van der Waals surface area contributed by atoms with Crippen LogP contribution in [0.2, 0.25) is 0 Å². The van der Waals surface area contributed by atoms with Gasteiger partial charge in [-0.15, -0.1) is 11.3 Å². The summed E-state index contributed by atoms with van der Waals surface area (Å²) in [6.45, 7) is 0. The third-order valence-electron chi connectivity index (χ3n) is 6.92. The van der Waals surface area contributed by atoms with Gasteiger partial charge in [0.15, 0.2) is 6.10 Å². The van der Waals surface area contributed by atoms with Crippen LogP contribution in [0.5, 0.6) is 5.75 Å². The molecular formula is C35H27NNaO3S. The average molecular weight is 565 g/mol. The third-order valence-corrected chi connectivity index (χ3v) is 8.09. The van der Waals surface area contributed by atoms with Crippen LogP contribution in [0.3, 0.4) is 0 Å². The summed E-state index contributed by atoms with van der Waals surface area (Å²) in [4.78, 5) is 17.7. The second-order valence-corrected chi connectivity index (χ2v) is 10.8. The molecule has 1 N–H and O–H groups in total. The number of pyridine rings is 1. The molecule has 0 spiro atoms.